The maximum absolute atomic E-state index is 13.1. The highest BCUT2D eigenvalue weighted by atomic mass is 35.5. The lowest BCUT2D eigenvalue weighted by atomic mass is 9.98. The van der Waals surface area contributed by atoms with Crippen molar-refractivity contribution in [2.45, 2.75) is 11.3 Å². The molecule has 2 aromatic rings. The predicted octanol–water partition coefficient (Wildman–Crippen LogP) is 1.83. The molecule has 3 rings (SSSR count). The number of sulfonamides is 1. The molecule has 10 heteroatoms. The highest BCUT2D eigenvalue weighted by molar-refractivity contribution is 7.89. The second-order valence-electron chi connectivity index (χ2n) is 6.70. The lowest BCUT2D eigenvalue weighted by molar-refractivity contribution is -0.131. The van der Waals surface area contributed by atoms with E-state index in [1.165, 1.54) is 31.4 Å². The molecule has 8 nitrogen and oxygen atoms in total. The summed E-state index contributed by atoms with van der Waals surface area (Å²) in [4.78, 5) is 25.1. The van der Waals surface area contributed by atoms with Crippen LogP contribution in [0.15, 0.2) is 53.4 Å². The van der Waals surface area contributed by atoms with Crippen molar-refractivity contribution in [3.05, 3.63) is 59.1 Å². The van der Waals surface area contributed by atoms with Gasteiger partial charge < -0.3 is 14.8 Å². The summed E-state index contributed by atoms with van der Waals surface area (Å²) in [5.74, 6) is -1.30. The van der Waals surface area contributed by atoms with Crippen molar-refractivity contribution in [1.82, 2.24) is 9.62 Å². The molecule has 0 aromatic heterocycles. The van der Waals surface area contributed by atoms with Gasteiger partial charge >= 0.3 is 0 Å². The maximum Gasteiger partial charge on any atom is 0.266 e. The van der Waals surface area contributed by atoms with Gasteiger partial charge in [0.15, 0.2) is 6.79 Å². The number of hydrogen-bond donors (Lipinski definition) is 1. The van der Waals surface area contributed by atoms with Crippen molar-refractivity contribution < 1.29 is 27.5 Å². The first-order valence-electron chi connectivity index (χ1n) is 9.11. The summed E-state index contributed by atoms with van der Waals surface area (Å²) < 4.78 is 36.8. The van der Waals surface area contributed by atoms with Crippen molar-refractivity contribution in [3.63, 3.8) is 0 Å². The Morgan fingerprint density at radius 2 is 1.77 bits per heavy atom. The number of carbonyl (C=O) groups excluding carboxylic acids is 2. The van der Waals surface area contributed by atoms with Crippen LogP contribution in [0.4, 0.5) is 0 Å². The van der Waals surface area contributed by atoms with Gasteiger partial charge in [0, 0.05) is 18.7 Å². The fourth-order valence-corrected chi connectivity index (χ4v) is 4.56. The Morgan fingerprint density at radius 1 is 1.10 bits per heavy atom. The summed E-state index contributed by atoms with van der Waals surface area (Å²) in [6.07, 6.45) is 0.260. The van der Waals surface area contributed by atoms with Crippen LogP contribution >= 0.6 is 11.6 Å². The highest BCUT2D eigenvalue weighted by Gasteiger charge is 2.38. The van der Waals surface area contributed by atoms with Gasteiger partial charge in [0.25, 0.3) is 10.0 Å². The first-order valence-corrected chi connectivity index (χ1v) is 10.9. The lowest BCUT2D eigenvalue weighted by Crippen LogP contribution is -2.42. The van der Waals surface area contributed by atoms with Crippen LogP contribution in [0.25, 0.3) is 0 Å². The highest BCUT2D eigenvalue weighted by Crippen LogP contribution is 2.23. The molecule has 2 aromatic carbocycles. The normalized spacial score (nSPS) is 17.4. The molecule has 1 unspecified atom stereocenters. The molecule has 1 saturated heterocycles. The van der Waals surface area contributed by atoms with Crippen molar-refractivity contribution in [2.75, 3.05) is 27.0 Å². The number of benzene rings is 2. The van der Waals surface area contributed by atoms with Gasteiger partial charge in [-0.2, -0.15) is 0 Å². The van der Waals surface area contributed by atoms with Gasteiger partial charge in [0.05, 0.1) is 10.8 Å². The fraction of sp³-hybridized carbons (Fsp3) is 0.300. The zero-order valence-corrected chi connectivity index (χ0v) is 17.8. The van der Waals surface area contributed by atoms with E-state index >= 15 is 0 Å². The summed E-state index contributed by atoms with van der Waals surface area (Å²) in [6.45, 7) is -0.402. The molecule has 0 spiro atoms. The van der Waals surface area contributed by atoms with Crippen LogP contribution in [0, 0.1) is 5.92 Å². The minimum Gasteiger partial charge on any atom is -0.468 e. The number of nitrogens with zero attached hydrogens (tertiary/aromatic N) is 1. The molecule has 1 aliphatic rings. The van der Waals surface area contributed by atoms with Gasteiger partial charge in [0.2, 0.25) is 11.8 Å². The molecule has 1 heterocycles. The number of carbonyl (C=O) groups is 2. The van der Waals surface area contributed by atoms with E-state index in [4.69, 9.17) is 21.1 Å². The zero-order chi connectivity index (χ0) is 21.7. The van der Waals surface area contributed by atoms with Crippen molar-refractivity contribution in [2.24, 2.45) is 5.92 Å². The van der Waals surface area contributed by atoms with E-state index in [2.05, 4.69) is 5.32 Å². The van der Waals surface area contributed by atoms with E-state index in [-0.39, 0.29) is 24.7 Å². The second kappa shape index (κ2) is 9.46. The molecule has 30 heavy (non-hydrogen) atoms. The second-order valence-corrected chi connectivity index (χ2v) is 9.00. The van der Waals surface area contributed by atoms with Crippen molar-refractivity contribution in [3.8, 4) is 5.75 Å². The monoisotopic (exact) mass is 452 g/mol. The van der Waals surface area contributed by atoms with E-state index in [1.807, 2.05) is 0 Å². The third kappa shape index (κ3) is 5.10. The maximum atomic E-state index is 13.1. The Hall–Kier alpha value is -2.62. The molecule has 1 N–H and O–H groups in total. The molecule has 0 saturated carbocycles. The van der Waals surface area contributed by atoms with E-state index in [9.17, 15) is 18.0 Å². The van der Waals surface area contributed by atoms with Gasteiger partial charge in [0.1, 0.15) is 12.3 Å². The van der Waals surface area contributed by atoms with Crippen LogP contribution in [0.2, 0.25) is 5.02 Å². The molecular formula is C20H21ClN2O6S. The summed E-state index contributed by atoms with van der Waals surface area (Å²) in [5.41, 5.74) is 0.804. The largest absolute Gasteiger partial charge is 0.468 e. The number of hydrogen-bond acceptors (Lipinski definition) is 6. The van der Waals surface area contributed by atoms with E-state index in [0.29, 0.717) is 15.1 Å². The number of halogens is 1. The summed E-state index contributed by atoms with van der Waals surface area (Å²) >= 11 is 5.82. The van der Waals surface area contributed by atoms with Crippen LogP contribution in [0.5, 0.6) is 5.75 Å². The summed E-state index contributed by atoms with van der Waals surface area (Å²) in [6, 6.07) is 12.5. The summed E-state index contributed by atoms with van der Waals surface area (Å²) in [5, 5.41) is 2.98. The molecule has 0 bridgehead atoms. The number of ether oxygens (including phenoxy) is 2. The molecule has 160 valence electrons. The minimum absolute atomic E-state index is 0.0478. The average Bonchev–Trinajstić information content (AvgIpc) is 2.87. The minimum atomic E-state index is -4.20. The van der Waals surface area contributed by atoms with E-state index in [1.54, 1.807) is 24.3 Å². The van der Waals surface area contributed by atoms with Gasteiger partial charge in [-0.1, -0.05) is 23.7 Å². The first kappa shape index (κ1) is 22.1. The number of rotatable bonds is 7. The van der Waals surface area contributed by atoms with Crippen LogP contribution < -0.4 is 10.1 Å². The number of methoxy groups -OCH3 is 1. The van der Waals surface area contributed by atoms with Gasteiger partial charge in [-0.3, -0.25) is 9.59 Å². The van der Waals surface area contributed by atoms with Crippen LogP contribution in [0.1, 0.15) is 5.56 Å². The molecule has 0 radical (unpaired) electrons. The SMILES string of the molecule is COCOc1ccc(CC2CNC(=O)CN(S(=O)(=O)c3ccc(Cl)cc3)C2=O)cc1. The first-order chi connectivity index (χ1) is 14.3. The fourth-order valence-electron chi connectivity index (χ4n) is 3.02. The smallest absolute Gasteiger partial charge is 0.266 e. The Labute approximate surface area is 179 Å². The zero-order valence-electron chi connectivity index (χ0n) is 16.2. The number of amides is 2. The number of nitrogens with one attached hydrogen (secondary N) is 1. The Kier molecular flexibility index (Phi) is 6.96. The van der Waals surface area contributed by atoms with Crippen LogP contribution in [-0.2, 0) is 30.8 Å². The average molecular weight is 453 g/mol. The predicted molar refractivity (Wildman–Crippen MR) is 110 cm³/mol. The summed E-state index contributed by atoms with van der Waals surface area (Å²) in [7, 11) is -2.68. The third-order valence-electron chi connectivity index (χ3n) is 4.58. The molecule has 0 aliphatic carbocycles. The standard InChI is InChI=1S/C20H21ClN2O6S/c1-28-13-29-17-6-2-14(3-7-17)10-15-11-22-19(24)12-23(20(15)25)30(26,27)18-8-4-16(21)5-9-18/h2-9,15H,10-13H2,1H3,(H,22,24). The lowest BCUT2D eigenvalue weighted by Gasteiger charge is -2.23. The molecule has 1 fully saturated rings. The van der Waals surface area contributed by atoms with Crippen LogP contribution in [0.3, 0.4) is 0 Å². The Bertz CT molecular complexity index is 1010. The molecule has 1 atom stereocenters. The third-order valence-corrected chi connectivity index (χ3v) is 6.59. The van der Waals surface area contributed by atoms with Crippen molar-refractivity contribution >= 4 is 33.4 Å². The van der Waals surface area contributed by atoms with Crippen molar-refractivity contribution in [1.29, 1.82) is 0 Å². The molecule has 2 amide bonds. The quantitative estimate of drug-likeness (QED) is 0.643. The van der Waals surface area contributed by atoms with Gasteiger partial charge in [-0.05, 0) is 48.4 Å². The molecule has 1 aliphatic heterocycles. The molecular weight excluding hydrogens is 432 g/mol. The topological polar surface area (TPSA) is 102 Å². The van der Waals surface area contributed by atoms with E-state index < -0.39 is 34.3 Å². The Balaban J connectivity index is 1.82. The van der Waals surface area contributed by atoms with Crippen LogP contribution in [-0.4, -0.2) is 51.5 Å². The van der Waals surface area contributed by atoms with E-state index in [0.717, 1.165) is 5.56 Å². The Morgan fingerprint density at radius 3 is 2.40 bits per heavy atom. The van der Waals surface area contributed by atoms with Gasteiger partial charge in [-0.15, -0.1) is 0 Å². The van der Waals surface area contributed by atoms with Gasteiger partial charge in [-0.25, -0.2) is 12.7 Å².